The smallest absolute Gasteiger partial charge is 0.407 e. The molecule has 226 valence electrons. The summed E-state index contributed by atoms with van der Waals surface area (Å²) >= 11 is 0. The number of halogens is 3. The summed E-state index contributed by atoms with van der Waals surface area (Å²) in [6.45, 7) is 5.14. The molecule has 2 aromatic carbocycles. The summed E-state index contributed by atoms with van der Waals surface area (Å²) < 4.78 is 77.5. The minimum absolute atomic E-state index is 0.0136. The fraction of sp³-hybridized carbons (Fsp3) is 0.500. The van der Waals surface area contributed by atoms with Crippen LogP contribution in [-0.4, -0.2) is 56.3 Å². The standard InChI is InChI=1S/C28H34F3NO8S/c1-27(2,3)39-26(35)32-13-11-24(34)38-17-19-15-18-7-4-5-8-21(18)25(19)22-16-20(9-10-23(22)33)40-41(36,37)14-6-12-28(29,30)31/h4-5,7-10,16,19,25,33H,6,11-15,17H2,1-3H3,(H,32,35)/t19-,25?/m0/s1. The van der Waals surface area contributed by atoms with Gasteiger partial charge in [-0.25, -0.2) is 4.79 Å². The second-order valence-electron chi connectivity index (χ2n) is 10.8. The summed E-state index contributed by atoms with van der Waals surface area (Å²) in [5, 5.41) is 13.2. The van der Waals surface area contributed by atoms with Crippen LogP contribution in [0, 0.1) is 5.92 Å². The van der Waals surface area contributed by atoms with Crippen molar-refractivity contribution >= 4 is 22.2 Å². The third-order valence-corrected chi connectivity index (χ3v) is 7.45. The second kappa shape index (κ2) is 13.0. The van der Waals surface area contributed by atoms with E-state index in [2.05, 4.69) is 5.32 Å². The number of phenols is 1. The predicted octanol–water partition coefficient (Wildman–Crippen LogP) is 5.21. The van der Waals surface area contributed by atoms with Crippen LogP contribution in [-0.2, 0) is 30.8 Å². The van der Waals surface area contributed by atoms with E-state index >= 15 is 0 Å². The summed E-state index contributed by atoms with van der Waals surface area (Å²) in [7, 11) is -4.32. The Labute approximate surface area is 237 Å². The van der Waals surface area contributed by atoms with Gasteiger partial charge in [0.1, 0.15) is 17.1 Å². The highest BCUT2D eigenvalue weighted by Gasteiger charge is 2.36. The van der Waals surface area contributed by atoms with E-state index < -0.39 is 58.5 Å². The first-order chi connectivity index (χ1) is 19.0. The number of benzene rings is 2. The summed E-state index contributed by atoms with van der Waals surface area (Å²) in [6, 6.07) is 11.2. The molecule has 13 heteroatoms. The topological polar surface area (TPSA) is 128 Å². The zero-order valence-electron chi connectivity index (χ0n) is 23.0. The lowest BCUT2D eigenvalue weighted by Crippen LogP contribution is -2.33. The van der Waals surface area contributed by atoms with Gasteiger partial charge in [0.05, 0.1) is 18.8 Å². The van der Waals surface area contributed by atoms with Crippen LogP contribution in [0.1, 0.15) is 62.6 Å². The number of aromatic hydroxyl groups is 1. The maximum absolute atomic E-state index is 12.4. The lowest BCUT2D eigenvalue weighted by atomic mass is 9.85. The molecular formula is C28H34F3NO8S. The summed E-state index contributed by atoms with van der Waals surface area (Å²) in [6.07, 6.45) is -6.63. The van der Waals surface area contributed by atoms with Crippen molar-refractivity contribution in [1.82, 2.24) is 5.32 Å². The zero-order valence-corrected chi connectivity index (χ0v) is 23.8. The molecule has 0 fully saturated rings. The first-order valence-corrected chi connectivity index (χ1v) is 14.6. The molecular weight excluding hydrogens is 567 g/mol. The molecule has 0 heterocycles. The number of amides is 1. The Balaban J connectivity index is 1.69. The Kier molecular flexibility index (Phi) is 10.2. The van der Waals surface area contributed by atoms with Crippen molar-refractivity contribution in [2.45, 2.75) is 64.1 Å². The van der Waals surface area contributed by atoms with Gasteiger partial charge in [0.15, 0.2) is 0 Å². The number of alkyl halides is 3. The molecule has 0 aromatic heterocycles. The number of hydrogen-bond donors (Lipinski definition) is 2. The fourth-order valence-corrected chi connectivity index (χ4v) is 5.56. The van der Waals surface area contributed by atoms with Crippen LogP contribution in [0.25, 0.3) is 0 Å². The third kappa shape index (κ3) is 10.1. The number of hydrogen-bond acceptors (Lipinski definition) is 8. The first-order valence-electron chi connectivity index (χ1n) is 13.0. The number of phenolic OH excluding ortho intramolecular Hbond substituents is 1. The molecule has 0 bridgehead atoms. The Hall–Kier alpha value is -3.48. The van der Waals surface area contributed by atoms with Gasteiger partial charge in [0.2, 0.25) is 0 Å². The lowest BCUT2D eigenvalue weighted by molar-refractivity contribution is -0.145. The average molecular weight is 602 g/mol. The number of fused-ring (bicyclic) bond motifs is 1. The normalized spacial score (nSPS) is 17.0. The fourth-order valence-electron chi connectivity index (χ4n) is 4.58. The van der Waals surface area contributed by atoms with E-state index in [4.69, 9.17) is 13.7 Å². The molecule has 41 heavy (non-hydrogen) atoms. The highest BCUT2D eigenvalue weighted by Crippen LogP contribution is 2.46. The average Bonchev–Trinajstić information content (AvgIpc) is 3.20. The van der Waals surface area contributed by atoms with Gasteiger partial charge in [0, 0.05) is 30.4 Å². The van der Waals surface area contributed by atoms with Crippen LogP contribution in [0.4, 0.5) is 18.0 Å². The maximum atomic E-state index is 12.4. The van der Waals surface area contributed by atoms with Crippen molar-refractivity contribution < 1.29 is 49.9 Å². The molecule has 2 aromatic rings. The van der Waals surface area contributed by atoms with E-state index in [1.54, 1.807) is 20.8 Å². The van der Waals surface area contributed by atoms with Crippen LogP contribution >= 0.6 is 0 Å². The molecule has 1 amide bonds. The minimum Gasteiger partial charge on any atom is -0.508 e. The Morgan fingerprint density at radius 3 is 2.46 bits per heavy atom. The van der Waals surface area contributed by atoms with Crippen LogP contribution in [0.5, 0.6) is 11.5 Å². The molecule has 0 saturated heterocycles. The van der Waals surface area contributed by atoms with Gasteiger partial charge in [-0.3, -0.25) is 4.79 Å². The van der Waals surface area contributed by atoms with Gasteiger partial charge < -0.3 is 24.1 Å². The van der Waals surface area contributed by atoms with E-state index in [0.717, 1.165) is 11.1 Å². The van der Waals surface area contributed by atoms with Crippen molar-refractivity contribution in [1.29, 1.82) is 0 Å². The van der Waals surface area contributed by atoms with Gasteiger partial charge in [-0.15, -0.1) is 0 Å². The third-order valence-electron chi connectivity index (χ3n) is 6.21. The van der Waals surface area contributed by atoms with Crippen LogP contribution < -0.4 is 9.50 Å². The molecule has 3 rings (SSSR count). The van der Waals surface area contributed by atoms with Gasteiger partial charge in [-0.2, -0.15) is 21.6 Å². The molecule has 0 spiro atoms. The first kappa shape index (κ1) is 32.0. The summed E-state index contributed by atoms with van der Waals surface area (Å²) in [5.74, 6) is -2.49. The van der Waals surface area contributed by atoms with E-state index in [-0.39, 0.29) is 37.0 Å². The largest absolute Gasteiger partial charge is 0.508 e. The number of carbonyl (C=O) groups is 2. The molecule has 1 unspecified atom stereocenters. The van der Waals surface area contributed by atoms with Crippen molar-refractivity contribution in [3.8, 4) is 11.5 Å². The van der Waals surface area contributed by atoms with Crippen LogP contribution in [0.2, 0.25) is 0 Å². The van der Waals surface area contributed by atoms with Crippen molar-refractivity contribution in [3.63, 3.8) is 0 Å². The van der Waals surface area contributed by atoms with Crippen LogP contribution in [0.15, 0.2) is 42.5 Å². The molecule has 9 nitrogen and oxygen atoms in total. The number of carbonyl (C=O) groups excluding carboxylic acids is 2. The maximum Gasteiger partial charge on any atom is 0.407 e. The number of rotatable bonds is 11. The number of alkyl carbamates (subject to hydrolysis) is 1. The zero-order chi connectivity index (χ0) is 30.4. The minimum atomic E-state index is -4.48. The van der Waals surface area contributed by atoms with E-state index in [1.165, 1.54) is 18.2 Å². The number of esters is 1. The molecule has 2 N–H and O–H groups in total. The van der Waals surface area contributed by atoms with Gasteiger partial charge in [-0.1, -0.05) is 24.3 Å². The van der Waals surface area contributed by atoms with E-state index in [0.29, 0.717) is 12.0 Å². The highest BCUT2D eigenvalue weighted by molar-refractivity contribution is 7.87. The Morgan fingerprint density at radius 1 is 1.07 bits per heavy atom. The highest BCUT2D eigenvalue weighted by atomic mass is 32.2. The molecule has 2 atom stereocenters. The van der Waals surface area contributed by atoms with Gasteiger partial charge in [-0.05, 0) is 62.9 Å². The summed E-state index contributed by atoms with van der Waals surface area (Å²) in [4.78, 5) is 24.2. The molecule has 0 aliphatic heterocycles. The quantitative estimate of drug-likeness (QED) is 0.266. The summed E-state index contributed by atoms with van der Waals surface area (Å²) in [5.41, 5.74) is 1.45. The Bertz CT molecular complexity index is 1340. The van der Waals surface area contributed by atoms with Crippen molar-refractivity contribution in [3.05, 3.63) is 59.2 Å². The SMILES string of the molecule is CC(C)(C)OC(=O)NCCC(=O)OC[C@@H]1Cc2ccccc2C1c1cc(OS(=O)(=O)CCCC(F)(F)F)ccc1O. The van der Waals surface area contributed by atoms with E-state index in [9.17, 15) is 36.3 Å². The van der Waals surface area contributed by atoms with Crippen LogP contribution in [0.3, 0.4) is 0 Å². The van der Waals surface area contributed by atoms with Crippen molar-refractivity contribution in [2.75, 3.05) is 18.9 Å². The molecule has 1 aliphatic rings. The lowest BCUT2D eigenvalue weighted by Gasteiger charge is -2.23. The Morgan fingerprint density at radius 2 is 1.78 bits per heavy atom. The number of nitrogens with one attached hydrogen (secondary N) is 1. The molecule has 0 saturated carbocycles. The van der Waals surface area contributed by atoms with E-state index in [1.807, 2.05) is 24.3 Å². The van der Waals surface area contributed by atoms with Gasteiger partial charge in [0.25, 0.3) is 0 Å². The molecule has 1 aliphatic carbocycles. The predicted molar refractivity (Wildman–Crippen MR) is 143 cm³/mol. The molecule has 0 radical (unpaired) electrons. The van der Waals surface area contributed by atoms with Gasteiger partial charge >= 0.3 is 28.4 Å². The monoisotopic (exact) mass is 601 g/mol. The number of ether oxygens (including phenoxy) is 2. The second-order valence-corrected chi connectivity index (χ2v) is 12.5. The van der Waals surface area contributed by atoms with Crippen molar-refractivity contribution in [2.24, 2.45) is 5.92 Å².